The van der Waals surface area contributed by atoms with E-state index in [4.69, 9.17) is 4.42 Å². The summed E-state index contributed by atoms with van der Waals surface area (Å²) in [5.74, 6) is 0. The summed E-state index contributed by atoms with van der Waals surface area (Å²) in [7, 11) is 0. The molecule has 2 aromatic heterocycles. The van der Waals surface area contributed by atoms with E-state index in [1.165, 1.54) is 58.5 Å². The molecule has 0 amide bonds. The quantitative estimate of drug-likeness (QED) is 0.138. The van der Waals surface area contributed by atoms with Gasteiger partial charge in [-0.2, -0.15) is 0 Å². The lowest BCUT2D eigenvalue weighted by atomic mass is 9.96. The van der Waals surface area contributed by atoms with Gasteiger partial charge in [-0.05, 0) is 68.9 Å². The van der Waals surface area contributed by atoms with E-state index in [9.17, 15) is 0 Å². The third-order valence-electron chi connectivity index (χ3n) is 9.13. The number of nitrogens with zero attached hydrogens (tertiary/aromatic N) is 1. The Bertz CT molecular complexity index is 2650. The maximum atomic E-state index is 6.23. The van der Waals surface area contributed by atoms with Crippen LogP contribution < -0.4 is 4.90 Å². The molecule has 0 unspecified atom stereocenters. The van der Waals surface area contributed by atoms with Crippen molar-refractivity contribution in [3.63, 3.8) is 0 Å². The average molecular weight is 608 g/mol. The van der Waals surface area contributed by atoms with E-state index in [1.807, 2.05) is 35.6 Å². The molecule has 0 aliphatic carbocycles. The monoisotopic (exact) mass is 607 g/mol. The molecule has 218 valence electrons. The van der Waals surface area contributed by atoms with Gasteiger partial charge < -0.3 is 9.32 Å². The summed E-state index contributed by atoms with van der Waals surface area (Å²) in [5.41, 5.74) is 5.36. The van der Waals surface area contributed by atoms with Crippen molar-refractivity contribution in [1.82, 2.24) is 0 Å². The second-order valence-electron chi connectivity index (χ2n) is 11.7. The molecule has 0 spiro atoms. The van der Waals surface area contributed by atoms with Crippen molar-refractivity contribution in [1.29, 1.82) is 0 Å². The van der Waals surface area contributed by atoms with Crippen molar-refractivity contribution in [2.75, 3.05) is 4.90 Å². The molecule has 0 aliphatic rings. The molecule has 0 atom stereocenters. The summed E-state index contributed by atoms with van der Waals surface area (Å²) < 4.78 is 7.52. The number of hydrogen-bond donors (Lipinski definition) is 0. The maximum absolute atomic E-state index is 6.23. The van der Waals surface area contributed by atoms with Gasteiger partial charge >= 0.3 is 0 Å². The molecule has 0 radical (unpaired) electrons. The van der Waals surface area contributed by atoms with E-state index in [-0.39, 0.29) is 0 Å². The van der Waals surface area contributed by atoms with Crippen LogP contribution in [0.5, 0.6) is 0 Å². The van der Waals surface area contributed by atoms with Gasteiger partial charge in [0, 0.05) is 42.5 Å². The van der Waals surface area contributed by atoms with Gasteiger partial charge in [0.25, 0.3) is 0 Å². The number of fused-ring (bicyclic) bond motifs is 9. The van der Waals surface area contributed by atoms with Gasteiger partial charge in [-0.25, -0.2) is 0 Å². The molecule has 0 N–H and O–H groups in total. The zero-order chi connectivity index (χ0) is 30.6. The van der Waals surface area contributed by atoms with Gasteiger partial charge in [0.05, 0.1) is 6.54 Å². The molecule has 46 heavy (non-hydrogen) atoms. The van der Waals surface area contributed by atoms with E-state index in [1.54, 1.807) is 0 Å². The molecule has 0 fully saturated rings. The number of allylic oxidation sites excluding steroid dienone is 2. The van der Waals surface area contributed by atoms with E-state index in [0.717, 1.165) is 27.6 Å². The molecule has 3 heteroatoms. The zero-order valence-corrected chi connectivity index (χ0v) is 25.9. The number of rotatable bonds is 6. The third kappa shape index (κ3) is 4.24. The number of hydrogen-bond acceptors (Lipinski definition) is 3. The molecular formula is C43H29NOS. The van der Waals surface area contributed by atoms with Crippen LogP contribution in [0.25, 0.3) is 70.4 Å². The number of furan rings is 1. The van der Waals surface area contributed by atoms with E-state index in [2.05, 4.69) is 139 Å². The second kappa shape index (κ2) is 10.8. The lowest BCUT2D eigenvalue weighted by molar-refractivity contribution is 0.669. The number of para-hydroxylation sites is 1. The Hall–Kier alpha value is -5.64. The number of thiophene rings is 1. The van der Waals surface area contributed by atoms with Gasteiger partial charge in [0.1, 0.15) is 11.2 Å². The largest absolute Gasteiger partial charge is 0.456 e. The van der Waals surface area contributed by atoms with E-state index >= 15 is 0 Å². The first-order chi connectivity index (χ1) is 22.8. The first-order valence-electron chi connectivity index (χ1n) is 15.6. The second-order valence-corrected chi connectivity index (χ2v) is 12.9. The van der Waals surface area contributed by atoms with Crippen LogP contribution in [0.3, 0.4) is 0 Å². The first-order valence-corrected chi connectivity index (χ1v) is 16.4. The van der Waals surface area contributed by atoms with Crippen molar-refractivity contribution in [2.24, 2.45) is 0 Å². The van der Waals surface area contributed by atoms with E-state index in [0.29, 0.717) is 6.54 Å². The lowest BCUT2D eigenvalue weighted by Gasteiger charge is -2.27. The molecular weight excluding hydrogens is 579 g/mol. The molecule has 9 aromatic rings. The van der Waals surface area contributed by atoms with Gasteiger partial charge in [0.15, 0.2) is 0 Å². The molecule has 7 aromatic carbocycles. The Balaban J connectivity index is 1.30. The minimum atomic E-state index is 0.715. The molecule has 2 nitrogen and oxygen atoms in total. The van der Waals surface area contributed by atoms with Gasteiger partial charge in [0.2, 0.25) is 0 Å². The third-order valence-corrected chi connectivity index (χ3v) is 10.3. The van der Waals surface area contributed by atoms with Crippen LogP contribution in [-0.2, 0) is 6.54 Å². The fraction of sp³-hybridized carbons (Fsp3) is 0.0233. The normalized spacial score (nSPS) is 12.0. The standard InChI is InChI=1S/C43H29NOS/c1-2-3-12-37-36-15-7-9-19-42(36)46-43(37)27-44(29-21-25-41-38(26-29)35-14-6-8-18-40(35)45-41)39-17-10-16-31-33-22-20-28-11-4-5-13-30(28)32(33)23-24-34(31)39/h2-26H,1,27H2/b12-3-. The van der Waals surface area contributed by atoms with Crippen LogP contribution in [0.2, 0.25) is 0 Å². The van der Waals surface area contributed by atoms with Crippen LogP contribution in [0.15, 0.2) is 157 Å². The molecule has 2 heterocycles. The Labute approximate surface area is 270 Å². The van der Waals surface area contributed by atoms with Crippen LogP contribution >= 0.6 is 11.3 Å². The SMILES string of the molecule is C=C/C=C\c1c(CN(c2ccc3oc4ccccc4c3c2)c2cccc3c2ccc2c4ccccc4ccc32)sc2ccccc12. The maximum Gasteiger partial charge on any atom is 0.135 e. The predicted octanol–water partition coefficient (Wildman–Crippen LogP) is 12.8. The van der Waals surface area contributed by atoms with Crippen LogP contribution in [0.4, 0.5) is 11.4 Å². The predicted molar refractivity (Wildman–Crippen MR) is 200 cm³/mol. The number of benzene rings is 7. The molecule has 0 aliphatic heterocycles. The smallest absolute Gasteiger partial charge is 0.135 e. The first kappa shape index (κ1) is 26.7. The highest BCUT2D eigenvalue weighted by atomic mass is 32.1. The number of anilines is 2. The van der Waals surface area contributed by atoms with Crippen molar-refractivity contribution in [3.8, 4) is 0 Å². The summed E-state index contributed by atoms with van der Waals surface area (Å²) in [6, 6.07) is 48.1. The van der Waals surface area contributed by atoms with Crippen LogP contribution in [0.1, 0.15) is 10.4 Å². The topological polar surface area (TPSA) is 16.4 Å². The average Bonchev–Trinajstić information content (AvgIpc) is 3.66. The summed E-state index contributed by atoms with van der Waals surface area (Å²) in [5, 5.41) is 11.1. The molecule has 9 rings (SSSR count). The Morgan fingerprint density at radius 2 is 1.28 bits per heavy atom. The van der Waals surface area contributed by atoms with Crippen molar-refractivity contribution in [2.45, 2.75) is 6.54 Å². The fourth-order valence-corrected chi connectivity index (χ4v) is 8.18. The Morgan fingerprint density at radius 3 is 2.20 bits per heavy atom. The highest BCUT2D eigenvalue weighted by Crippen LogP contribution is 2.42. The summed E-state index contributed by atoms with van der Waals surface area (Å²) in [4.78, 5) is 3.78. The van der Waals surface area contributed by atoms with Crippen LogP contribution in [0, 0.1) is 0 Å². The highest BCUT2D eigenvalue weighted by molar-refractivity contribution is 7.19. The van der Waals surface area contributed by atoms with Crippen molar-refractivity contribution in [3.05, 3.63) is 163 Å². The van der Waals surface area contributed by atoms with Crippen LogP contribution in [-0.4, -0.2) is 0 Å². The minimum Gasteiger partial charge on any atom is -0.456 e. The Morgan fingerprint density at radius 1 is 0.587 bits per heavy atom. The Kier molecular flexibility index (Phi) is 6.25. The highest BCUT2D eigenvalue weighted by Gasteiger charge is 2.20. The fourth-order valence-electron chi connectivity index (χ4n) is 7.00. The summed E-state index contributed by atoms with van der Waals surface area (Å²) >= 11 is 1.86. The molecule has 0 saturated heterocycles. The molecule has 0 saturated carbocycles. The molecule has 0 bridgehead atoms. The summed E-state index contributed by atoms with van der Waals surface area (Å²) in [6.07, 6.45) is 6.10. The van der Waals surface area contributed by atoms with Gasteiger partial charge in [-0.1, -0.05) is 122 Å². The van der Waals surface area contributed by atoms with Gasteiger partial charge in [-0.3, -0.25) is 0 Å². The lowest BCUT2D eigenvalue weighted by Crippen LogP contribution is -2.16. The van der Waals surface area contributed by atoms with Crippen molar-refractivity contribution < 1.29 is 4.42 Å². The zero-order valence-electron chi connectivity index (χ0n) is 25.1. The van der Waals surface area contributed by atoms with E-state index < -0.39 is 0 Å². The van der Waals surface area contributed by atoms with Gasteiger partial charge in [-0.15, -0.1) is 11.3 Å². The minimum absolute atomic E-state index is 0.715. The summed E-state index contributed by atoms with van der Waals surface area (Å²) in [6.45, 7) is 4.66. The van der Waals surface area contributed by atoms with Crippen molar-refractivity contribution >= 4 is 93.1 Å².